The Hall–Kier alpha value is -3.22. The van der Waals surface area contributed by atoms with Crippen molar-refractivity contribution < 1.29 is 62.3 Å². The van der Waals surface area contributed by atoms with E-state index in [0.29, 0.717) is 0 Å². The summed E-state index contributed by atoms with van der Waals surface area (Å²) in [5.74, 6) is -5.29. The van der Waals surface area contributed by atoms with Crippen LogP contribution in [0.1, 0.15) is 48.0 Å². The van der Waals surface area contributed by atoms with Crippen molar-refractivity contribution in [2.45, 2.75) is 84.1 Å². The van der Waals surface area contributed by atoms with Gasteiger partial charge in [0.1, 0.15) is 5.60 Å². The van der Waals surface area contributed by atoms with Crippen molar-refractivity contribution >= 4 is 35.8 Å². The lowest BCUT2D eigenvalue weighted by atomic mass is 9.72. The maximum Gasteiger partial charge on any atom is 0.303 e. The summed E-state index contributed by atoms with van der Waals surface area (Å²) in [6, 6.07) is 0. The summed E-state index contributed by atoms with van der Waals surface area (Å²) in [6.45, 7) is 5.68. The molecule has 0 bridgehead atoms. The Morgan fingerprint density at radius 3 is 1.21 bits per heavy atom. The molecule has 33 heavy (non-hydrogen) atoms. The summed E-state index contributed by atoms with van der Waals surface area (Å²) >= 11 is 0. The Morgan fingerprint density at radius 1 is 0.576 bits per heavy atom. The molecule has 0 saturated heterocycles. The maximum atomic E-state index is 11.9. The minimum absolute atomic E-state index is 0.445. The first-order valence-corrected chi connectivity index (χ1v) is 9.90. The minimum atomic E-state index is -2.41. The number of hydrogen-bond donors (Lipinski definition) is 1. The third kappa shape index (κ3) is 7.70. The SMILES string of the molecule is CC(=O)OCC[C@@]1(O)C(OC(C)=O)C(OC(C)=O)[C@H](OC(C)=O)C(OC(C)=O)[C@@H]1OC(C)=O. The second kappa shape index (κ2) is 11.6. The van der Waals surface area contributed by atoms with Crippen molar-refractivity contribution in [1.82, 2.24) is 0 Å². The summed E-state index contributed by atoms with van der Waals surface area (Å²) in [6.07, 6.45) is -9.09. The van der Waals surface area contributed by atoms with Crippen LogP contribution in [0.5, 0.6) is 0 Å². The lowest BCUT2D eigenvalue weighted by Gasteiger charge is -2.52. The lowest BCUT2D eigenvalue weighted by Crippen LogP contribution is -2.74. The Labute approximate surface area is 189 Å². The highest BCUT2D eigenvalue weighted by Crippen LogP contribution is 2.41. The molecule has 186 valence electrons. The average molecular weight is 476 g/mol. The topological polar surface area (TPSA) is 178 Å². The first-order chi connectivity index (χ1) is 15.2. The van der Waals surface area contributed by atoms with Gasteiger partial charge in [0.25, 0.3) is 0 Å². The van der Waals surface area contributed by atoms with E-state index in [2.05, 4.69) is 0 Å². The monoisotopic (exact) mass is 476 g/mol. The van der Waals surface area contributed by atoms with Gasteiger partial charge in [-0.3, -0.25) is 28.8 Å². The molecular weight excluding hydrogens is 448 g/mol. The number of aliphatic hydroxyl groups is 1. The van der Waals surface area contributed by atoms with Gasteiger partial charge < -0.3 is 33.5 Å². The van der Waals surface area contributed by atoms with Gasteiger partial charge in [-0.1, -0.05) is 0 Å². The molecule has 0 aromatic rings. The molecule has 1 saturated carbocycles. The Kier molecular flexibility index (Phi) is 9.77. The molecule has 6 atom stereocenters. The van der Waals surface area contributed by atoms with Gasteiger partial charge in [-0.25, -0.2) is 0 Å². The first kappa shape index (κ1) is 27.8. The molecule has 0 aromatic heterocycles. The predicted octanol–water partition coefficient (Wildman–Crippen LogP) is -0.657. The van der Waals surface area contributed by atoms with Crippen LogP contribution in [0.2, 0.25) is 0 Å². The van der Waals surface area contributed by atoms with E-state index in [-0.39, 0.29) is 0 Å². The van der Waals surface area contributed by atoms with E-state index in [0.717, 1.165) is 41.5 Å². The molecule has 13 heteroatoms. The van der Waals surface area contributed by atoms with Crippen LogP contribution in [0.15, 0.2) is 0 Å². The molecule has 1 rings (SSSR count). The fraction of sp³-hybridized carbons (Fsp3) is 0.700. The van der Waals surface area contributed by atoms with Gasteiger partial charge in [-0.15, -0.1) is 0 Å². The average Bonchev–Trinajstić information content (AvgIpc) is 2.63. The van der Waals surface area contributed by atoms with Crippen LogP contribution >= 0.6 is 0 Å². The van der Waals surface area contributed by atoms with Crippen molar-refractivity contribution in [3.05, 3.63) is 0 Å². The van der Waals surface area contributed by atoms with Crippen LogP contribution < -0.4 is 0 Å². The number of esters is 6. The van der Waals surface area contributed by atoms with Gasteiger partial charge in [-0.2, -0.15) is 0 Å². The summed E-state index contributed by atoms with van der Waals surface area (Å²) in [4.78, 5) is 70.4. The van der Waals surface area contributed by atoms with E-state index in [1.165, 1.54) is 0 Å². The van der Waals surface area contributed by atoms with E-state index in [1.54, 1.807) is 0 Å². The van der Waals surface area contributed by atoms with Gasteiger partial charge in [0, 0.05) is 48.0 Å². The number of hydrogen-bond acceptors (Lipinski definition) is 13. The normalized spacial score (nSPS) is 28.6. The number of ether oxygens (including phenoxy) is 6. The van der Waals surface area contributed by atoms with Crippen LogP contribution in [0, 0.1) is 0 Å². The highest BCUT2D eigenvalue weighted by molar-refractivity contribution is 5.70. The van der Waals surface area contributed by atoms with Gasteiger partial charge in [-0.05, 0) is 0 Å². The van der Waals surface area contributed by atoms with E-state index < -0.39 is 85.0 Å². The first-order valence-electron chi connectivity index (χ1n) is 9.90. The van der Waals surface area contributed by atoms with E-state index in [1.807, 2.05) is 0 Å². The predicted molar refractivity (Wildman–Crippen MR) is 104 cm³/mol. The molecular formula is C20H28O13. The Balaban J connectivity index is 3.75. The largest absolute Gasteiger partial charge is 0.466 e. The third-order valence-electron chi connectivity index (χ3n) is 4.53. The molecule has 0 heterocycles. The van der Waals surface area contributed by atoms with Crippen LogP contribution in [0.25, 0.3) is 0 Å². The minimum Gasteiger partial charge on any atom is -0.466 e. The van der Waals surface area contributed by atoms with Crippen LogP contribution in [-0.2, 0) is 57.2 Å². The molecule has 1 N–H and O–H groups in total. The molecule has 0 radical (unpaired) electrons. The molecule has 1 fully saturated rings. The zero-order valence-corrected chi connectivity index (χ0v) is 19.1. The highest BCUT2D eigenvalue weighted by Gasteiger charge is 2.66. The summed E-state index contributed by atoms with van der Waals surface area (Å²) in [5.41, 5.74) is -2.41. The van der Waals surface area contributed by atoms with Crippen molar-refractivity contribution in [3.63, 3.8) is 0 Å². The van der Waals surface area contributed by atoms with Gasteiger partial charge in [0.2, 0.25) is 0 Å². The van der Waals surface area contributed by atoms with Crippen molar-refractivity contribution in [2.75, 3.05) is 6.61 Å². The molecule has 1 aliphatic rings. The number of carbonyl (C=O) groups excluding carboxylic acids is 6. The second-order valence-corrected chi connectivity index (χ2v) is 7.36. The van der Waals surface area contributed by atoms with Gasteiger partial charge in [0.05, 0.1) is 6.61 Å². The van der Waals surface area contributed by atoms with Crippen molar-refractivity contribution in [3.8, 4) is 0 Å². The van der Waals surface area contributed by atoms with Gasteiger partial charge in [0.15, 0.2) is 30.5 Å². The van der Waals surface area contributed by atoms with E-state index in [4.69, 9.17) is 28.4 Å². The number of rotatable bonds is 8. The molecule has 0 aromatic carbocycles. The second-order valence-electron chi connectivity index (χ2n) is 7.36. The zero-order valence-electron chi connectivity index (χ0n) is 19.1. The maximum absolute atomic E-state index is 11.9. The fourth-order valence-electron chi connectivity index (χ4n) is 3.57. The summed E-state index contributed by atoms with van der Waals surface area (Å²) < 4.78 is 30.9. The molecule has 3 unspecified atom stereocenters. The van der Waals surface area contributed by atoms with Crippen LogP contribution in [0.3, 0.4) is 0 Å². The molecule has 1 aliphatic carbocycles. The van der Waals surface area contributed by atoms with Gasteiger partial charge >= 0.3 is 35.8 Å². The molecule has 0 spiro atoms. The highest BCUT2D eigenvalue weighted by atomic mass is 16.7. The Bertz CT molecular complexity index is 745. The fourth-order valence-corrected chi connectivity index (χ4v) is 3.57. The van der Waals surface area contributed by atoms with Crippen LogP contribution in [0.4, 0.5) is 0 Å². The standard InChI is InChI=1S/C20H28O13/c1-9(21)28-8-7-20(27)18(32-13(5)25)16(30-11(3)23)15(29-10(2)22)17(31-12(4)24)19(20)33-14(6)26/h15-19,27H,7-8H2,1-6H3/t15-,16?,17?,18+,19?,20+/m1/s1. The summed E-state index contributed by atoms with van der Waals surface area (Å²) in [5, 5.41) is 11.7. The smallest absolute Gasteiger partial charge is 0.303 e. The molecule has 13 nitrogen and oxygen atoms in total. The summed E-state index contributed by atoms with van der Waals surface area (Å²) in [7, 11) is 0. The zero-order chi connectivity index (χ0) is 25.5. The molecule has 0 amide bonds. The molecule has 0 aliphatic heterocycles. The quantitative estimate of drug-likeness (QED) is 0.345. The van der Waals surface area contributed by atoms with Crippen LogP contribution in [-0.4, -0.2) is 83.7 Å². The lowest BCUT2D eigenvalue weighted by molar-refractivity contribution is -0.288. The van der Waals surface area contributed by atoms with E-state index in [9.17, 15) is 33.9 Å². The third-order valence-corrected chi connectivity index (χ3v) is 4.53. The Morgan fingerprint density at radius 2 is 0.909 bits per heavy atom. The van der Waals surface area contributed by atoms with Crippen molar-refractivity contribution in [2.24, 2.45) is 0 Å². The number of carbonyl (C=O) groups is 6. The van der Waals surface area contributed by atoms with Crippen molar-refractivity contribution in [1.29, 1.82) is 0 Å². The van der Waals surface area contributed by atoms with E-state index >= 15 is 0 Å².